The highest BCUT2D eigenvalue weighted by Gasteiger charge is 2.70. The lowest BCUT2D eigenvalue weighted by Gasteiger charge is -2.52. The van der Waals surface area contributed by atoms with Crippen LogP contribution >= 0.6 is 0 Å². The summed E-state index contributed by atoms with van der Waals surface area (Å²) in [7, 11) is 1.61. The van der Waals surface area contributed by atoms with Gasteiger partial charge < -0.3 is 19.7 Å². The van der Waals surface area contributed by atoms with E-state index in [2.05, 4.69) is 13.8 Å². The molecule has 5 heteroatoms. The number of carbonyl (C=O) groups is 1. The molecule has 3 aliphatic rings. The molecule has 1 heterocycles. The molecule has 1 aromatic carbocycles. The van der Waals surface area contributed by atoms with Crippen molar-refractivity contribution in [3.63, 3.8) is 0 Å². The molecule has 0 aromatic heterocycles. The van der Waals surface area contributed by atoms with E-state index in [0.29, 0.717) is 17.5 Å². The monoisotopic (exact) mass is 360 g/mol. The van der Waals surface area contributed by atoms with Gasteiger partial charge in [-0.1, -0.05) is 34.1 Å². The molecule has 1 saturated heterocycles. The molecule has 1 aliphatic heterocycles. The zero-order valence-corrected chi connectivity index (χ0v) is 16.1. The molecule has 4 atom stereocenters. The molecule has 0 spiro atoms. The lowest BCUT2D eigenvalue weighted by molar-refractivity contribution is -0.149. The molecular formula is C21H28O5. The zero-order chi connectivity index (χ0) is 19.0. The molecular weight excluding hydrogens is 332 g/mol. The number of ether oxygens (including phenoxy) is 2. The third-order valence-electron chi connectivity index (χ3n) is 6.96. The molecule has 2 bridgehead atoms. The predicted octanol–water partition coefficient (Wildman–Crippen LogP) is 3.91. The molecule has 2 N–H and O–H groups in total. The summed E-state index contributed by atoms with van der Waals surface area (Å²) in [5.74, 6) is -0.621. The lowest BCUT2D eigenvalue weighted by atomic mass is 9.49. The van der Waals surface area contributed by atoms with Gasteiger partial charge in [-0.25, -0.2) is 0 Å². The van der Waals surface area contributed by atoms with Crippen molar-refractivity contribution < 1.29 is 24.5 Å². The number of methoxy groups -OCH3 is 1. The molecule has 26 heavy (non-hydrogen) atoms. The molecule has 142 valence electrons. The van der Waals surface area contributed by atoms with Gasteiger partial charge in [-0.15, -0.1) is 0 Å². The summed E-state index contributed by atoms with van der Waals surface area (Å²) in [6.07, 6.45) is 1.72. The fourth-order valence-electron chi connectivity index (χ4n) is 5.94. The van der Waals surface area contributed by atoms with Crippen LogP contribution in [0.5, 0.6) is 11.5 Å². The Hall–Kier alpha value is -1.75. The fourth-order valence-corrected chi connectivity index (χ4v) is 5.94. The van der Waals surface area contributed by atoms with Crippen molar-refractivity contribution in [2.45, 2.75) is 70.5 Å². The summed E-state index contributed by atoms with van der Waals surface area (Å²) in [6.45, 7) is 8.26. The number of phenols is 2. The van der Waals surface area contributed by atoms with Crippen LogP contribution in [-0.4, -0.2) is 29.4 Å². The van der Waals surface area contributed by atoms with Crippen molar-refractivity contribution in [2.24, 2.45) is 11.3 Å². The lowest BCUT2D eigenvalue weighted by Crippen LogP contribution is -2.54. The second-order valence-electron chi connectivity index (χ2n) is 9.10. The third-order valence-corrected chi connectivity index (χ3v) is 6.96. The normalized spacial score (nSPS) is 34.4. The number of aromatic hydroxyl groups is 2. The number of benzene rings is 1. The van der Waals surface area contributed by atoms with E-state index in [1.807, 2.05) is 19.9 Å². The Labute approximate surface area is 154 Å². The van der Waals surface area contributed by atoms with Gasteiger partial charge in [0, 0.05) is 24.2 Å². The van der Waals surface area contributed by atoms with Gasteiger partial charge in [0.1, 0.15) is 17.6 Å². The number of fused-ring (bicyclic) bond motifs is 1. The first kappa shape index (κ1) is 17.7. The van der Waals surface area contributed by atoms with Gasteiger partial charge in [-0.05, 0) is 35.8 Å². The topological polar surface area (TPSA) is 76.0 Å². The number of hydrogen-bond donors (Lipinski definition) is 2. The molecule has 0 radical (unpaired) electrons. The standard InChI is InChI=1S/C21H28O5/c1-10(2)11-9-12-13(15(23)14(11)22)21-8-6-7-20(3,4)18(21)17(16(12)25-5)26-19(21)24/h9-10,16-18,22-23H,6-8H2,1-5H3/t16-,17-,18+,21+/m1/s1. The van der Waals surface area contributed by atoms with Crippen LogP contribution in [0.3, 0.4) is 0 Å². The zero-order valence-electron chi connectivity index (χ0n) is 16.1. The van der Waals surface area contributed by atoms with Crippen LogP contribution in [0.25, 0.3) is 0 Å². The van der Waals surface area contributed by atoms with Gasteiger partial charge in [-0.2, -0.15) is 0 Å². The van der Waals surface area contributed by atoms with Crippen LogP contribution in [0.1, 0.15) is 75.7 Å². The molecule has 0 unspecified atom stereocenters. The van der Waals surface area contributed by atoms with E-state index in [4.69, 9.17) is 9.47 Å². The van der Waals surface area contributed by atoms with Crippen molar-refractivity contribution >= 4 is 5.97 Å². The molecule has 2 fully saturated rings. The maximum atomic E-state index is 13.1. The SMILES string of the molecule is CO[C@@H]1c2cc(C(C)C)c(O)c(O)c2[C@@]23CCCC(C)(C)[C@@H]2[C@@H]1OC3=O. The Morgan fingerprint density at radius 1 is 1.23 bits per heavy atom. The summed E-state index contributed by atoms with van der Waals surface area (Å²) in [5, 5.41) is 21.7. The summed E-state index contributed by atoms with van der Waals surface area (Å²) in [6, 6.07) is 1.90. The van der Waals surface area contributed by atoms with Crippen molar-refractivity contribution in [1.29, 1.82) is 0 Å². The second-order valence-corrected chi connectivity index (χ2v) is 9.10. The minimum atomic E-state index is -0.895. The molecule has 4 rings (SSSR count). The maximum Gasteiger partial charge on any atom is 0.317 e. The first-order chi connectivity index (χ1) is 12.2. The van der Waals surface area contributed by atoms with Crippen LogP contribution in [0.4, 0.5) is 0 Å². The average molecular weight is 360 g/mol. The maximum absolute atomic E-state index is 13.1. The Bertz CT molecular complexity index is 781. The van der Waals surface area contributed by atoms with Gasteiger partial charge in [0.2, 0.25) is 0 Å². The minimum absolute atomic E-state index is 0.0380. The van der Waals surface area contributed by atoms with Gasteiger partial charge in [0.05, 0.1) is 0 Å². The molecule has 5 nitrogen and oxygen atoms in total. The highest BCUT2D eigenvalue weighted by molar-refractivity contribution is 5.90. The molecule has 1 saturated carbocycles. The van der Waals surface area contributed by atoms with Crippen molar-refractivity contribution in [1.82, 2.24) is 0 Å². The van der Waals surface area contributed by atoms with E-state index in [0.717, 1.165) is 18.4 Å². The van der Waals surface area contributed by atoms with E-state index >= 15 is 0 Å². The largest absolute Gasteiger partial charge is 0.504 e. The quantitative estimate of drug-likeness (QED) is 0.618. The first-order valence-electron chi connectivity index (χ1n) is 9.50. The minimum Gasteiger partial charge on any atom is -0.504 e. The number of carbonyl (C=O) groups excluding carboxylic acids is 1. The third kappa shape index (κ3) is 1.92. The summed E-state index contributed by atoms with van der Waals surface area (Å²) < 4.78 is 11.7. The van der Waals surface area contributed by atoms with Crippen molar-refractivity contribution in [2.75, 3.05) is 7.11 Å². The smallest absolute Gasteiger partial charge is 0.317 e. The van der Waals surface area contributed by atoms with E-state index in [1.54, 1.807) is 7.11 Å². The fraction of sp³-hybridized carbons (Fsp3) is 0.667. The van der Waals surface area contributed by atoms with Crippen LogP contribution in [-0.2, 0) is 19.7 Å². The van der Waals surface area contributed by atoms with Crippen LogP contribution in [0.15, 0.2) is 6.07 Å². The Balaban J connectivity index is 2.08. The van der Waals surface area contributed by atoms with Gasteiger partial charge in [0.15, 0.2) is 11.5 Å². The van der Waals surface area contributed by atoms with Crippen LogP contribution in [0, 0.1) is 11.3 Å². The van der Waals surface area contributed by atoms with Crippen LogP contribution in [0.2, 0.25) is 0 Å². The summed E-state index contributed by atoms with van der Waals surface area (Å²) in [5.41, 5.74) is 0.968. The Morgan fingerprint density at radius 3 is 2.54 bits per heavy atom. The Morgan fingerprint density at radius 2 is 1.92 bits per heavy atom. The average Bonchev–Trinajstić information content (AvgIpc) is 2.81. The summed E-state index contributed by atoms with van der Waals surface area (Å²) in [4.78, 5) is 13.1. The number of hydrogen-bond acceptors (Lipinski definition) is 5. The van der Waals surface area contributed by atoms with Gasteiger partial charge >= 0.3 is 5.97 Å². The Kier molecular flexibility index (Phi) is 3.65. The molecule has 2 aliphatic carbocycles. The van der Waals surface area contributed by atoms with Crippen molar-refractivity contribution in [3.05, 3.63) is 22.8 Å². The van der Waals surface area contributed by atoms with E-state index in [-0.39, 0.29) is 40.8 Å². The second kappa shape index (κ2) is 5.38. The van der Waals surface area contributed by atoms with Crippen molar-refractivity contribution in [3.8, 4) is 11.5 Å². The molecule has 0 amide bonds. The number of rotatable bonds is 2. The van der Waals surface area contributed by atoms with E-state index in [9.17, 15) is 15.0 Å². The number of esters is 1. The van der Waals surface area contributed by atoms with Gasteiger partial charge in [0.25, 0.3) is 0 Å². The van der Waals surface area contributed by atoms with Crippen LogP contribution < -0.4 is 0 Å². The summed E-state index contributed by atoms with van der Waals surface area (Å²) >= 11 is 0. The predicted molar refractivity (Wildman–Crippen MR) is 96.3 cm³/mol. The highest BCUT2D eigenvalue weighted by Crippen LogP contribution is 2.67. The first-order valence-corrected chi connectivity index (χ1v) is 9.50. The highest BCUT2D eigenvalue weighted by atomic mass is 16.6. The number of phenolic OH excluding ortho intramolecular Hbond substituents is 2. The molecule has 1 aromatic rings. The van der Waals surface area contributed by atoms with Gasteiger partial charge in [-0.3, -0.25) is 4.79 Å². The van der Waals surface area contributed by atoms with E-state index in [1.165, 1.54) is 0 Å². The van der Waals surface area contributed by atoms with E-state index < -0.39 is 11.5 Å².